The molecule has 2 N–H and O–H groups in total. The molecule has 2 saturated heterocycles. The topological polar surface area (TPSA) is 114 Å². The van der Waals surface area contributed by atoms with E-state index >= 15 is 0 Å². The van der Waals surface area contributed by atoms with E-state index in [1.807, 2.05) is 0 Å². The van der Waals surface area contributed by atoms with Crippen molar-refractivity contribution in [1.29, 1.82) is 0 Å². The van der Waals surface area contributed by atoms with Crippen LogP contribution >= 0.6 is 0 Å². The highest BCUT2D eigenvalue weighted by Crippen LogP contribution is 2.38. The van der Waals surface area contributed by atoms with Crippen molar-refractivity contribution in [2.75, 3.05) is 19.7 Å². The lowest BCUT2D eigenvalue weighted by Gasteiger charge is -2.50. The number of benzene rings is 1. The number of nitrogens with one attached hydrogen (secondary N) is 1. The minimum absolute atomic E-state index is 0.0529. The molecule has 178 valence electrons. The van der Waals surface area contributed by atoms with Gasteiger partial charge in [-0.1, -0.05) is 17.3 Å². The third-order valence-corrected chi connectivity index (χ3v) is 6.32. The number of hydrogen-bond donors (Lipinski definition) is 2. The minimum atomic E-state index is -1.15. The lowest BCUT2D eigenvalue weighted by atomic mass is 9.77. The molecule has 2 aliphatic heterocycles. The van der Waals surface area contributed by atoms with Crippen LogP contribution in [0.15, 0.2) is 34.9 Å². The van der Waals surface area contributed by atoms with Crippen LogP contribution in [0.5, 0.6) is 5.75 Å². The number of nitrogens with zero attached hydrogens (tertiary/aromatic N) is 2. The van der Waals surface area contributed by atoms with Crippen molar-refractivity contribution >= 4 is 11.8 Å². The summed E-state index contributed by atoms with van der Waals surface area (Å²) in [7, 11) is 0. The molecule has 10 heteroatoms. The molecule has 0 saturated carbocycles. The lowest BCUT2D eigenvalue weighted by molar-refractivity contribution is -0.191. The van der Waals surface area contributed by atoms with E-state index in [1.165, 1.54) is 25.1 Å². The number of halogens is 1. The second kappa shape index (κ2) is 9.11. The molecule has 1 aromatic carbocycles. The molecule has 0 unspecified atom stereocenters. The normalized spacial score (nSPS) is 24.5. The number of para-hydroxylation sites is 1. The molecule has 0 bridgehead atoms. The van der Waals surface area contributed by atoms with Gasteiger partial charge in [0.15, 0.2) is 23.0 Å². The molecule has 33 heavy (non-hydrogen) atoms. The number of carbonyl (C=O) groups is 2. The summed E-state index contributed by atoms with van der Waals surface area (Å²) >= 11 is 0. The van der Waals surface area contributed by atoms with E-state index in [-0.39, 0.29) is 36.5 Å². The zero-order valence-electron chi connectivity index (χ0n) is 18.7. The first-order valence-corrected chi connectivity index (χ1v) is 10.9. The van der Waals surface area contributed by atoms with Crippen LogP contribution in [0.2, 0.25) is 0 Å². The van der Waals surface area contributed by atoms with Gasteiger partial charge in [0.2, 0.25) is 5.91 Å². The first-order valence-electron chi connectivity index (χ1n) is 10.9. The van der Waals surface area contributed by atoms with Crippen molar-refractivity contribution in [3.63, 3.8) is 0 Å². The number of likely N-dealkylation sites (tertiary alicyclic amines) is 1. The maximum atomic E-state index is 13.7. The summed E-state index contributed by atoms with van der Waals surface area (Å²) in [6.07, 6.45) is 1.63. The molecule has 3 heterocycles. The van der Waals surface area contributed by atoms with Crippen LogP contribution in [-0.4, -0.2) is 63.9 Å². The first-order chi connectivity index (χ1) is 15.7. The summed E-state index contributed by atoms with van der Waals surface area (Å²) in [5.41, 5.74) is -1.50. The molecular weight excluding hydrogens is 433 g/mol. The number of hydrogen-bond acceptors (Lipinski definition) is 7. The molecule has 2 fully saturated rings. The Kier molecular flexibility index (Phi) is 6.40. The summed E-state index contributed by atoms with van der Waals surface area (Å²) in [6, 6.07) is 7.10. The summed E-state index contributed by atoms with van der Waals surface area (Å²) in [4.78, 5) is 26.1. The molecule has 2 aliphatic rings. The second-order valence-electron chi connectivity index (χ2n) is 8.98. The number of aromatic nitrogens is 1. The van der Waals surface area contributed by atoms with Crippen LogP contribution in [0.4, 0.5) is 4.39 Å². The van der Waals surface area contributed by atoms with E-state index < -0.39 is 23.1 Å². The molecule has 0 aliphatic carbocycles. The molecule has 4 rings (SSSR count). The Hall–Kier alpha value is -2.98. The highest BCUT2D eigenvalue weighted by molar-refractivity contribution is 5.92. The fourth-order valence-electron chi connectivity index (χ4n) is 4.32. The largest absolute Gasteiger partial charge is 0.482 e. The van der Waals surface area contributed by atoms with Gasteiger partial charge in [-0.2, -0.15) is 0 Å². The third kappa shape index (κ3) is 5.17. The number of carbonyl (C=O) groups excluding carboxylic acids is 2. The Morgan fingerprint density at radius 1 is 1.33 bits per heavy atom. The average Bonchev–Trinajstić information content (AvgIpc) is 3.25. The number of aliphatic hydroxyl groups is 1. The van der Waals surface area contributed by atoms with Crippen LogP contribution in [0.25, 0.3) is 0 Å². The number of ether oxygens (including phenoxy) is 2. The lowest BCUT2D eigenvalue weighted by Crippen LogP contribution is -2.63. The fraction of sp³-hybridized carbons (Fsp3) is 0.522. The first kappa shape index (κ1) is 23.2. The Bertz CT molecular complexity index is 1020. The van der Waals surface area contributed by atoms with Gasteiger partial charge in [-0.15, -0.1) is 0 Å². The minimum Gasteiger partial charge on any atom is -0.482 e. The van der Waals surface area contributed by atoms with E-state index in [1.54, 1.807) is 24.0 Å². The smallest absolute Gasteiger partial charge is 0.276 e. The third-order valence-electron chi connectivity index (χ3n) is 6.32. The maximum Gasteiger partial charge on any atom is 0.276 e. The molecule has 2 aromatic rings. The van der Waals surface area contributed by atoms with Crippen molar-refractivity contribution in [2.24, 2.45) is 0 Å². The quantitative estimate of drug-likeness (QED) is 0.700. The van der Waals surface area contributed by atoms with Crippen molar-refractivity contribution in [2.45, 2.75) is 57.0 Å². The zero-order chi connectivity index (χ0) is 23.6. The van der Waals surface area contributed by atoms with Gasteiger partial charge in [0.25, 0.3) is 5.91 Å². The molecule has 1 aromatic heterocycles. The van der Waals surface area contributed by atoms with Gasteiger partial charge in [-0.05, 0) is 38.3 Å². The monoisotopic (exact) mass is 461 g/mol. The van der Waals surface area contributed by atoms with Gasteiger partial charge in [0.05, 0.1) is 18.2 Å². The van der Waals surface area contributed by atoms with Crippen LogP contribution in [0.3, 0.4) is 0 Å². The van der Waals surface area contributed by atoms with Gasteiger partial charge in [-0.25, -0.2) is 4.39 Å². The fourth-order valence-corrected chi connectivity index (χ4v) is 4.32. The zero-order valence-corrected chi connectivity index (χ0v) is 18.7. The molecule has 2 amide bonds. The van der Waals surface area contributed by atoms with E-state index in [0.29, 0.717) is 38.1 Å². The van der Waals surface area contributed by atoms with Gasteiger partial charge >= 0.3 is 0 Å². The van der Waals surface area contributed by atoms with E-state index in [0.717, 1.165) is 0 Å². The highest BCUT2D eigenvalue weighted by Gasteiger charge is 2.49. The van der Waals surface area contributed by atoms with E-state index in [2.05, 4.69) is 10.5 Å². The van der Waals surface area contributed by atoms with E-state index in [9.17, 15) is 19.1 Å². The molecule has 9 nitrogen and oxygen atoms in total. The van der Waals surface area contributed by atoms with Gasteiger partial charge in [0.1, 0.15) is 12.2 Å². The average molecular weight is 461 g/mol. The number of piperidine rings is 1. The standard InChI is InChI=1S/C23H28FN3O6/c1-15(28)25-20-12-23(32-14-22(20,2)30)7-9-27(10-8-23)21(29)18-11-16(33-26-18)13-31-19-6-4-3-5-17(19)24/h3-6,11,20,30H,7-10,12-14H2,1-2H3,(H,25,28)/t20-,22-/m0/s1. The predicted molar refractivity (Wildman–Crippen MR) is 114 cm³/mol. The number of rotatable bonds is 5. The van der Waals surface area contributed by atoms with Gasteiger partial charge in [-0.3, -0.25) is 9.59 Å². The van der Waals surface area contributed by atoms with Crippen LogP contribution in [0, 0.1) is 5.82 Å². The Balaban J connectivity index is 1.33. The highest BCUT2D eigenvalue weighted by atomic mass is 19.1. The molecule has 1 spiro atoms. The van der Waals surface area contributed by atoms with E-state index in [4.69, 9.17) is 14.0 Å². The molecule has 0 radical (unpaired) electrons. The Morgan fingerprint density at radius 2 is 2.06 bits per heavy atom. The Labute approximate surface area is 190 Å². The van der Waals surface area contributed by atoms with Crippen molar-refractivity contribution in [1.82, 2.24) is 15.4 Å². The summed E-state index contributed by atoms with van der Waals surface area (Å²) < 4.78 is 30.3. The van der Waals surface area contributed by atoms with Gasteiger partial charge in [0, 0.05) is 26.1 Å². The molecular formula is C23H28FN3O6. The predicted octanol–water partition coefficient (Wildman–Crippen LogP) is 2.04. The van der Waals surface area contributed by atoms with Gasteiger partial charge < -0.3 is 29.3 Å². The van der Waals surface area contributed by atoms with Crippen molar-refractivity contribution in [3.8, 4) is 5.75 Å². The molecule has 2 atom stereocenters. The summed E-state index contributed by atoms with van der Waals surface area (Å²) in [5, 5.41) is 17.2. The summed E-state index contributed by atoms with van der Waals surface area (Å²) in [5.74, 6) is -0.557. The van der Waals surface area contributed by atoms with Crippen LogP contribution in [-0.2, 0) is 16.1 Å². The Morgan fingerprint density at radius 3 is 2.76 bits per heavy atom. The van der Waals surface area contributed by atoms with Crippen LogP contribution in [0.1, 0.15) is 49.4 Å². The number of amides is 2. The van der Waals surface area contributed by atoms with Crippen molar-refractivity contribution in [3.05, 3.63) is 47.6 Å². The second-order valence-corrected chi connectivity index (χ2v) is 8.98. The maximum absolute atomic E-state index is 13.7. The van der Waals surface area contributed by atoms with Crippen molar-refractivity contribution < 1.29 is 33.1 Å². The van der Waals surface area contributed by atoms with Crippen LogP contribution < -0.4 is 10.1 Å². The summed E-state index contributed by atoms with van der Waals surface area (Å²) in [6.45, 7) is 4.02. The SMILES string of the molecule is CC(=O)N[C@H]1CC2(CCN(C(=O)c3cc(COc4ccccc4F)on3)CC2)OC[C@]1(C)O.